The molecule has 2 heterocycles. The second-order valence-electron chi connectivity index (χ2n) is 6.08. The molecule has 0 saturated heterocycles. The number of ether oxygens (including phenoxy) is 1. The van der Waals surface area contributed by atoms with Crippen molar-refractivity contribution in [2.45, 2.75) is 0 Å². The number of hydrazine groups is 2. The molecule has 1 N–H and O–H groups in total. The lowest BCUT2D eigenvalue weighted by atomic mass is 10.2. The van der Waals surface area contributed by atoms with E-state index in [1.165, 1.54) is 0 Å². The molecule has 6 heteroatoms. The Kier molecular flexibility index (Phi) is 3.95. The fraction of sp³-hybridized carbons (Fsp3) is 0.158. The van der Waals surface area contributed by atoms with Crippen LogP contribution in [0.1, 0.15) is 0 Å². The first-order chi connectivity index (χ1) is 12.2. The van der Waals surface area contributed by atoms with Crippen molar-refractivity contribution in [1.82, 2.24) is 15.4 Å². The van der Waals surface area contributed by atoms with Crippen molar-refractivity contribution < 1.29 is 4.74 Å². The highest BCUT2D eigenvalue weighted by Gasteiger charge is 2.14. The molecule has 25 heavy (non-hydrogen) atoms. The van der Waals surface area contributed by atoms with Crippen LogP contribution < -0.4 is 20.1 Å². The van der Waals surface area contributed by atoms with Crippen LogP contribution in [0, 0.1) is 0 Å². The highest BCUT2D eigenvalue weighted by molar-refractivity contribution is 5.56. The monoisotopic (exact) mass is 335 g/mol. The summed E-state index contributed by atoms with van der Waals surface area (Å²) in [5.41, 5.74) is 5.24. The summed E-state index contributed by atoms with van der Waals surface area (Å²) >= 11 is 0. The van der Waals surface area contributed by atoms with Crippen molar-refractivity contribution in [3.05, 3.63) is 73.3 Å². The molecule has 2 aromatic rings. The Bertz CT molecular complexity index is 819. The first-order valence-corrected chi connectivity index (χ1v) is 8.18. The highest BCUT2D eigenvalue weighted by Crippen LogP contribution is 2.30. The van der Waals surface area contributed by atoms with E-state index in [9.17, 15) is 0 Å². The van der Waals surface area contributed by atoms with Crippen molar-refractivity contribution in [3.8, 4) is 11.5 Å². The van der Waals surface area contributed by atoms with E-state index in [2.05, 4.69) is 46.8 Å². The van der Waals surface area contributed by atoms with Crippen molar-refractivity contribution in [1.29, 1.82) is 0 Å². The topological polar surface area (TPSA) is 34.2 Å². The molecule has 4 rings (SSSR count). The van der Waals surface area contributed by atoms with Crippen molar-refractivity contribution >= 4 is 11.4 Å². The van der Waals surface area contributed by atoms with Gasteiger partial charge in [-0.05, 0) is 24.3 Å². The van der Waals surface area contributed by atoms with Crippen LogP contribution in [0.25, 0.3) is 0 Å². The molecule has 0 radical (unpaired) electrons. The quantitative estimate of drug-likeness (QED) is 0.923. The number of nitrogens with one attached hydrogen (secondary N) is 1. The average molecular weight is 335 g/mol. The zero-order chi connectivity index (χ0) is 17.2. The van der Waals surface area contributed by atoms with Gasteiger partial charge >= 0.3 is 0 Å². The van der Waals surface area contributed by atoms with Crippen LogP contribution in [0.3, 0.4) is 0 Å². The van der Waals surface area contributed by atoms with Crippen LogP contribution in [0.5, 0.6) is 11.5 Å². The largest absolute Gasteiger partial charge is 0.457 e. The minimum Gasteiger partial charge on any atom is -0.457 e. The van der Waals surface area contributed by atoms with Gasteiger partial charge in [-0.15, -0.1) is 5.12 Å². The van der Waals surface area contributed by atoms with E-state index in [0.29, 0.717) is 0 Å². The molecule has 0 bridgehead atoms. The maximum atomic E-state index is 6.09. The SMILES string of the molecule is CN1C=CN(c2cccc(Oc3cccc(N4C=CNN4C)c3)c2)C1. The Hall–Kier alpha value is -3.12. The van der Waals surface area contributed by atoms with Crippen LogP contribution in [0.2, 0.25) is 0 Å². The Balaban J connectivity index is 1.53. The van der Waals surface area contributed by atoms with Crippen LogP contribution in [-0.2, 0) is 0 Å². The lowest BCUT2D eigenvalue weighted by Gasteiger charge is -2.24. The molecule has 0 fully saturated rings. The molecule has 0 spiro atoms. The molecule has 0 amide bonds. The van der Waals surface area contributed by atoms with E-state index >= 15 is 0 Å². The number of hydrogen-bond donors (Lipinski definition) is 1. The summed E-state index contributed by atoms with van der Waals surface area (Å²) in [7, 11) is 4.01. The Labute approximate surface area is 147 Å². The van der Waals surface area contributed by atoms with Gasteiger partial charge in [-0.1, -0.05) is 12.1 Å². The number of rotatable bonds is 4. The molecule has 0 aliphatic carbocycles. The zero-order valence-corrected chi connectivity index (χ0v) is 14.3. The van der Waals surface area contributed by atoms with Crippen LogP contribution in [0.15, 0.2) is 73.3 Å². The third-order valence-corrected chi connectivity index (χ3v) is 4.14. The molecule has 2 aliphatic heterocycles. The first-order valence-electron chi connectivity index (χ1n) is 8.18. The summed E-state index contributed by atoms with van der Waals surface area (Å²) in [6.07, 6.45) is 7.99. The summed E-state index contributed by atoms with van der Waals surface area (Å²) < 4.78 is 6.09. The summed E-state index contributed by atoms with van der Waals surface area (Å²) in [6.45, 7) is 0.847. The van der Waals surface area contributed by atoms with Gasteiger partial charge in [0, 0.05) is 56.7 Å². The van der Waals surface area contributed by atoms with Gasteiger partial charge in [0.05, 0.1) is 12.4 Å². The molecular formula is C19H21N5O. The van der Waals surface area contributed by atoms with E-state index in [4.69, 9.17) is 4.74 Å². The maximum absolute atomic E-state index is 6.09. The zero-order valence-electron chi connectivity index (χ0n) is 14.3. The van der Waals surface area contributed by atoms with Gasteiger partial charge in [0.25, 0.3) is 0 Å². The second kappa shape index (κ2) is 6.41. The van der Waals surface area contributed by atoms with E-state index in [1.807, 2.05) is 66.0 Å². The van der Waals surface area contributed by atoms with E-state index < -0.39 is 0 Å². The normalized spacial score (nSPS) is 16.6. The molecule has 0 saturated carbocycles. The average Bonchev–Trinajstić information content (AvgIpc) is 3.24. The van der Waals surface area contributed by atoms with Gasteiger partial charge < -0.3 is 20.0 Å². The fourth-order valence-electron chi connectivity index (χ4n) is 2.88. The number of benzene rings is 2. The van der Waals surface area contributed by atoms with E-state index in [-0.39, 0.29) is 0 Å². The van der Waals surface area contributed by atoms with Crippen LogP contribution >= 0.6 is 0 Å². The summed E-state index contributed by atoms with van der Waals surface area (Å²) in [6, 6.07) is 16.2. The molecule has 0 unspecified atom stereocenters. The smallest absolute Gasteiger partial charge is 0.129 e. The standard InChI is InChI=1S/C19H21N5O/c1-21-11-12-23(15-21)16-5-3-7-18(13-16)25-19-8-4-6-17(14-19)24-10-9-20-22(24)2/h3-14,20H,15H2,1-2H3. The third-order valence-electron chi connectivity index (χ3n) is 4.14. The molecule has 6 nitrogen and oxygen atoms in total. The van der Waals surface area contributed by atoms with Gasteiger partial charge in [-0.2, -0.15) is 0 Å². The second-order valence-corrected chi connectivity index (χ2v) is 6.08. The van der Waals surface area contributed by atoms with Gasteiger partial charge in [0.1, 0.15) is 11.5 Å². The highest BCUT2D eigenvalue weighted by atomic mass is 16.5. The molecule has 2 aliphatic rings. The Morgan fingerprint density at radius 1 is 0.880 bits per heavy atom. The minimum absolute atomic E-state index is 0.803. The summed E-state index contributed by atoms with van der Waals surface area (Å²) in [4.78, 5) is 4.31. The maximum Gasteiger partial charge on any atom is 0.129 e. The predicted octanol–water partition coefficient (Wildman–Crippen LogP) is 3.30. The molecule has 0 aromatic heterocycles. The third kappa shape index (κ3) is 3.25. The number of anilines is 2. The van der Waals surface area contributed by atoms with E-state index in [0.717, 1.165) is 29.5 Å². The molecule has 2 aromatic carbocycles. The first kappa shape index (κ1) is 15.4. The minimum atomic E-state index is 0.803. The van der Waals surface area contributed by atoms with Crippen molar-refractivity contribution in [3.63, 3.8) is 0 Å². The van der Waals surface area contributed by atoms with Crippen LogP contribution in [0.4, 0.5) is 11.4 Å². The number of hydrogen-bond acceptors (Lipinski definition) is 6. The van der Waals surface area contributed by atoms with Gasteiger partial charge in [-0.25, -0.2) is 0 Å². The molecular weight excluding hydrogens is 314 g/mol. The van der Waals surface area contributed by atoms with Gasteiger partial charge in [-0.3, -0.25) is 5.01 Å². The molecule has 0 atom stereocenters. The number of nitrogens with zero attached hydrogens (tertiary/aromatic N) is 4. The summed E-state index contributed by atoms with van der Waals surface area (Å²) in [5.74, 6) is 1.62. The Morgan fingerprint density at radius 3 is 2.24 bits per heavy atom. The fourth-order valence-corrected chi connectivity index (χ4v) is 2.88. The summed E-state index contributed by atoms with van der Waals surface area (Å²) in [5, 5.41) is 3.91. The van der Waals surface area contributed by atoms with Crippen molar-refractivity contribution in [2.75, 3.05) is 30.7 Å². The predicted molar refractivity (Wildman–Crippen MR) is 99.7 cm³/mol. The lowest BCUT2D eigenvalue weighted by Crippen LogP contribution is -2.37. The van der Waals surface area contributed by atoms with E-state index in [1.54, 1.807) is 0 Å². The lowest BCUT2D eigenvalue weighted by molar-refractivity contribution is 0.302. The van der Waals surface area contributed by atoms with Crippen LogP contribution in [-0.4, -0.2) is 30.8 Å². The van der Waals surface area contributed by atoms with Gasteiger partial charge in [0.15, 0.2) is 0 Å². The Morgan fingerprint density at radius 2 is 1.60 bits per heavy atom. The van der Waals surface area contributed by atoms with Gasteiger partial charge in [0.2, 0.25) is 0 Å². The molecule has 128 valence electrons. The van der Waals surface area contributed by atoms with Crippen molar-refractivity contribution in [2.24, 2.45) is 0 Å².